The number of carbonyl (C=O) groups is 2. The molecule has 9 heteroatoms. The summed E-state index contributed by atoms with van der Waals surface area (Å²) in [5.41, 5.74) is 0. The second-order valence-corrected chi connectivity index (χ2v) is 5.15. The molecule has 2 aromatic rings. The Morgan fingerprint density at radius 1 is 0.720 bits per heavy atom. The van der Waals surface area contributed by atoms with Gasteiger partial charge < -0.3 is 19.7 Å². The van der Waals surface area contributed by atoms with Gasteiger partial charge in [-0.25, -0.2) is 9.59 Å². The lowest BCUT2D eigenvalue weighted by Gasteiger charge is -2.01. The van der Waals surface area contributed by atoms with Crippen molar-refractivity contribution in [2.45, 2.75) is 0 Å². The van der Waals surface area contributed by atoms with Gasteiger partial charge in [0.05, 0.1) is 0 Å². The van der Waals surface area contributed by atoms with Crippen molar-refractivity contribution in [2.24, 2.45) is 0 Å². The predicted molar refractivity (Wildman–Crippen MR) is 96.4 cm³/mol. The summed E-state index contributed by atoms with van der Waals surface area (Å²) >= 11 is 11.2. The summed E-state index contributed by atoms with van der Waals surface area (Å²) in [6, 6.07) is 13.0. The van der Waals surface area contributed by atoms with Crippen molar-refractivity contribution < 1.29 is 29.3 Å². The number of hydrogen-bond acceptors (Lipinski definition) is 4. The van der Waals surface area contributed by atoms with Crippen LogP contribution >= 0.6 is 35.6 Å². The molecule has 6 nitrogen and oxygen atoms in total. The van der Waals surface area contributed by atoms with E-state index in [4.69, 9.17) is 42.9 Å². The highest BCUT2D eigenvalue weighted by Gasteiger charge is 1.98. The summed E-state index contributed by atoms with van der Waals surface area (Å²) in [7, 11) is 0. The molecule has 136 valence electrons. The summed E-state index contributed by atoms with van der Waals surface area (Å²) < 4.78 is 9.73. The standard InChI is InChI=1S/2C8H7ClO3.ClH/c2*9-6-1-3-7(4-2-6)12-5-8(10)11;/h2*1-4H,5H2,(H,10,11);1H. The van der Waals surface area contributed by atoms with Crippen LogP contribution in [0.4, 0.5) is 0 Å². The van der Waals surface area contributed by atoms with Gasteiger partial charge in [-0.05, 0) is 48.5 Å². The lowest BCUT2D eigenvalue weighted by molar-refractivity contribution is -0.140. The van der Waals surface area contributed by atoms with E-state index in [-0.39, 0.29) is 25.6 Å². The normalized spacial score (nSPS) is 9.04. The molecule has 25 heavy (non-hydrogen) atoms. The first-order valence-corrected chi connectivity index (χ1v) is 7.32. The topological polar surface area (TPSA) is 93.1 Å². The van der Waals surface area contributed by atoms with Gasteiger partial charge in [-0.3, -0.25) is 0 Å². The smallest absolute Gasteiger partial charge is 0.341 e. The fourth-order valence-corrected chi connectivity index (χ4v) is 1.60. The molecule has 0 unspecified atom stereocenters. The average Bonchev–Trinajstić information content (AvgIpc) is 2.54. The number of ether oxygens (including phenoxy) is 2. The molecular weight excluding hydrogens is 395 g/mol. The first-order valence-electron chi connectivity index (χ1n) is 6.57. The molecule has 0 aromatic heterocycles. The van der Waals surface area contributed by atoms with Gasteiger partial charge in [-0.15, -0.1) is 12.4 Å². The minimum absolute atomic E-state index is 0. The molecule has 2 aromatic carbocycles. The number of carboxylic acids is 2. The van der Waals surface area contributed by atoms with Gasteiger partial charge in [-0.1, -0.05) is 23.2 Å². The zero-order valence-corrected chi connectivity index (χ0v) is 15.1. The van der Waals surface area contributed by atoms with Crippen LogP contribution in [-0.2, 0) is 9.59 Å². The molecule has 0 fully saturated rings. The number of benzene rings is 2. The molecule has 0 amide bonds. The van der Waals surface area contributed by atoms with Gasteiger partial charge >= 0.3 is 11.9 Å². The van der Waals surface area contributed by atoms with E-state index in [0.29, 0.717) is 21.5 Å². The van der Waals surface area contributed by atoms with Crippen molar-refractivity contribution in [1.29, 1.82) is 0 Å². The molecule has 0 heterocycles. The molecule has 0 spiro atoms. The second-order valence-electron chi connectivity index (χ2n) is 4.27. The molecule has 0 aliphatic carbocycles. The van der Waals surface area contributed by atoms with Crippen molar-refractivity contribution in [3.63, 3.8) is 0 Å². The van der Waals surface area contributed by atoms with Crippen LogP contribution in [0.2, 0.25) is 10.0 Å². The largest absolute Gasteiger partial charge is 0.482 e. The molecule has 0 radical (unpaired) electrons. The van der Waals surface area contributed by atoms with Crippen molar-refractivity contribution in [3.8, 4) is 11.5 Å². The lowest BCUT2D eigenvalue weighted by Crippen LogP contribution is -2.09. The third-order valence-corrected chi connectivity index (χ3v) is 2.86. The highest BCUT2D eigenvalue weighted by molar-refractivity contribution is 6.30. The monoisotopic (exact) mass is 408 g/mol. The van der Waals surface area contributed by atoms with Crippen LogP contribution < -0.4 is 9.47 Å². The second kappa shape index (κ2) is 12.2. The van der Waals surface area contributed by atoms with Crippen LogP contribution in [0.1, 0.15) is 0 Å². The quantitative estimate of drug-likeness (QED) is 0.748. The van der Waals surface area contributed by atoms with Crippen LogP contribution in [0.15, 0.2) is 48.5 Å². The van der Waals surface area contributed by atoms with Crippen LogP contribution in [-0.4, -0.2) is 35.4 Å². The Hall–Kier alpha value is -2.15. The summed E-state index contributed by atoms with van der Waals surface area (Å²) in [6.45, 7) is -0.663. The molecule has 0 atom stereocenters. The van der Waals surface area contributed by atoms with Crippen molar-refractivity contribution in [2.75, 3.05) is 13.2 Å². The molecule has 0 bridgehead atoms. The fraction of sp³-hybridized carbons (Fsp3) is 0.125. The number of rotatable bonds is 6. The number of halogens is 3. The molecule has 0 saturated carbocycles. The molecule has 0 saturated heterocycles. The highest BCUT2D eigenvalue weighted by Crippen LogP contribution is 2.15. The van der Waals surface area contributed by atoms with E-state index >= 15 is 0 Å². The van der Waals surface area contributed by atoms with Crippen LogP contribution in [0.25, 0.3) is 0 Å². The highest BCUT2D eigenvalue weighted by atomic mass is 35.5. The van der Waals surface area contributed by atoms with Gasteiger partial charge in [0.1, 0.15) is 11.5 Å². The van der Waals surface area contributed by atoms with Gasteiger partial charge in [-0.2, -0.15) is 0 Å². The maximum atomic E-state index is 10.1. The average molecular weight is 410 g/mol. The van der Waals surface area contributed by atoms with E-state index in [1.807, 2.05) is 0 Å². The first-order chi connectivity index (χ1) is 11.4. The number of carboxylic acid groups (broad SMARTS) is 2. The van der Waals surface area contributed by atoms with E-state index in [9.17, 15) is 9.59 Å². The van der Waals surface area contributed by atoms with Crippen molar-refractivity contribution in [1.82, 2.24) is 0 Å². The van der Waals surface area contributed by atoms with Crippen LogP contribution in [0.3, 0.4) is 0 Å². The number of aliphatic carboxylic acids is 2. The predicted octanol–water partition coefficient (Wildman–Crippen LogP) is 4.03. The molecule has 0 aliphatic rings. The maximum Gasteiger partial charge on any atom is 0.341 e. The third kappa shape index (κ3) is 11.1. The molecule has 0 aliphatic heterocycles. The zero-order chi connectivity index (χ0) is 17.9. The van der Waals surface area contributed by atoms with Gasteiger partial charge in [0.15, 0.2) is 13.2 Å². The maximum absolute atomic E-state index is 10.1. The van der Waals surface area contributed by atoms with E-state index in [0.717, 1.165) is 0 Å². The summed E-state index contributed by atoms with van der Waals surface area (Å²) in [5.74, 6) is -0.987. The van der Waals surface area contributed by atoms with Crippen LogP contribution in [0.5, 0.6) is 11.5 Å². The summed E-state index contributed by atoms with van der Waals surface area (Å²) in [4.78, 5) is 20.2. The van der Waals surface area contributed by atoms with E-state index in [1.165, 1.54) is 0 Å². The molecule has 2 rings (SSSR count). The Labute approximate surface area is 160 Å². The first kappa shape index (κ1) is 22.9. The number of hydrogen-bond donors (Lipinski definition) is 2. The van der Waals surface area contributed by atoms with Gasteiger partial charge in [0.2, 0.25) is 0 Å². The lowest BCUT2D eigenvalue weighted by atomic mass is 10.3. The third-order valence-electron chi connectivity index (χ3n) is 2.35. The van der Waals surface area contributed by atoms with Gasteiger partial charge in [0.25, 0.3) is 0 Å². The SMILES string of the molecule is Cl.O=C(O)COc1ccc(Cl)cc1.O=C(O)COc1ccc(Cl)cc1. The molecular formula is C16H15Cl3O6. The Balaban J connectivity index is 0.000000443. The van der Waals surface area contributed by atoms with E-state index < -0.39 is 11.9 Å². The van der Waals surface area contributed by atoms with Crippen molar-refractivity contribution in [3.05, 3.63) is 58.6 Å². The fourth-order valence-electron chi connectivity index (χ4n) is 1.35. The summed E-state index contributed by atoms with van der Waals surface area (Å²) in [5, 5.41) is 17.7. The van der Waals surface area contributed by atoms with Crippen LogP contribution in [0, 0.1) is 0 Å². The summed E-state index contributed by atoms with van der Waals surface area (Å²) in [6.07, 6.45) is 0. The Morgan fingerprint density at radius 2 is 1.00 bits per heavy atom. The Bertz CT molecular complexity index is 599. The Kier molecular flexibility index (Phi) is 11.2. The minimum atomic E-state index is -0.995. The van der Waals surface area contributed by atoms with Crippen molar-refractivity contribution >= 4 is 47.5 Å². The molecule has 2 N–H and O–H groups in total. The van der Waals surface area contributed by atoms with Gasteiger partial charge in [0, 0.05) is 10.0 Å². The minimum Gasteiger partial charge on any atom is -0.482 e. The Morgan fingerprint density at radius 3 is 1.24 bits per heavy atom. The van der Waals surface area contributed by atoms with E-state index in [2.05, 4.69) is 0 Å². The van der Waals surface area contributed by atoms with E-state index in [1.54, 1.807) is 48.5 Å². The zero-order valence-electron chi connectivity index (χ0n) is 12.7.